The number of hydrogen-bond acceptors (Lipinski definition) is 4. The lowest BCUT2D eigenvalue weighted by atomic mass is 10.1. The fraction of sp³-hybridized carbons (Fsp3) is 0.400. The van der Waals surface area contributed by atoms with E-state index in [4.69, 9.17) is 0 Å². The van der Waals surface area contributed by atoms with E-state index in [0.29, 0.717) is 0 Å². The number of hydrogen-bond donors (Lipinski definition) is 0. The standard InChI is InChI=1S/C15H10F9N3O2/c16-13(17,18)5-10(28)27(7-14(19,20)21)6-8-1-3-9(4-2-8)11-25-12(29-26-11)15(22,23)24/h1-4H,5-7H2. The summed E-state index contributed by atoms with van der Waals surface area (Å²) in [4.78, 5) is 14.7. The second-order valence-corrected chi connectivity index (χ2v) is 5.77. The van der Waals surface area contributed by atoms with Crippen LogP contribution in [-0.2, 0) is 17.5 Å². The molecular weight excluding hydrogens is 425 g/mol. The Morgan fingerprint density at radius 3 is 1.97 bits per heavy atom. The van der Waals surface area contributed by atoms with Crippen molar-refractivity contribution in [3.8, 4) is 11.4 Å². The van der Waals surface area contributed by atoms with Crippen LogP contribution in [0.15, 0.2) is 28.8 Å². The zero-order chi connectivity index (χ0) is 22.0. The highest BCUT2D eigenvalue weighted by molar-refractivity contribution is 5.77. The molecule has 0 aliphatic rings. The van der Waals surface area contributed by atoms with Crippen molar-refractivity contribution in [1.29, 1.82) is 0 Å². The first-order chi connectivity index (χ1) is 13.1. The van der Waals surface area contributed by atoms with Gasteiger partial charge >= 0.3 is 24.4 Å². The highest BCUT2D eigenvalue weighted by Gasteiger charge is 2.39. The Morgan fingerprint density at radius 2 is 1.52 bits per heavy atom. The van der Waals surface area contributed by atoms with Crippen LogP contribution < -0.4 is 0 Å². The molecule has 0 atom stereocenters. The molecule has 0 saturated carbocycles. The molecule has 0 fully saturated rings. The molecule has 1 aromatic carbocycles. The molecule has 5 nitrogen and oxygen atoms in total. The van der Waals surface area contributed by atoms with Gasteiger partial charge < -0.3 is 9.42 Å². The Bertz CT molecular complexity index is 838. The molecule has 0 bridgehead atoms. The lowest BCUT2D eigenvalue weighted by molar-refractivity contribution is -0.177. The maximum absolute atomic E-state index is 12.6. The zero-order valence-corrected chi connectivity index (χ0v) is 14.0. The third-order valence-electron chi connectivity index (χ3n) is 3.33. The summed E-state index contributed by atoms with van der Waals surface area (Å²) < 4.78 is 116. The summed E-state index contributed by atoms with van der Waals surface area (Å²) in [5.74, 6) is -3.83. The van der Waals surface area contributed by atoms with E-state index in [1.807, 2.05) is 0 Å². The molecule has 0 radical (unpaired) electrons. The van der Waals surface area contributed by atoms with Gasteiger partial charge in [0, 0.05) is 12.1 Å². The van der Waals surface area contributed by atoms with Gasteiger partial charge in [0.1, 0.15) is 13.0 Å². The van der Waals surface area contributed by atoms with E-state index < -0.39 is 55.7 Å². The number of carbonyl (C=O) groups is 1. The van der Waals surface area contributed by atoms with E-state index in [2.05, 4.69) is 14.7 Å². The van der Waals surface area contributed by atoms with Crippen LogP contribution in [0.5, 0.6) is 0 Å². The van der Waals surface area contributed by atoms with Gasteiger partial charge in [0.05, 0.1) is 0 Å². The molecule has 0 aliphatic heterocycles. The molecule has 0 spiro atoms. The molecular formula is C15H10F9N3O2. The van der Waals surface area contributed by atoms with E-state index in [9.17, 15) is 44.3 Å². The minimum atomic E-state index is -4.99. The number of rotatable bonds is 5. The van der Waals surface area contributed by atoms with Gasteiger partial charge in [-0.05, 0) is 5.56 Å². The molecule has 0 N–H and O–H groups in total. The van der Waals surface area contributed by atoms with Crippen LogP contribution in [0.2, 0.25) is 0 Å². The number of carbonyl (C=O) groups excluding carboxylic acids is 1. The lowest BCUT2D eigenvalue weighted by Gasteiger charge is -2.24. The number of halogens is 9. The predicted molar refractivity (Wildman–Crippen MR) is 76.9 cm³/mol. The Labute approximate surface area is 156 Å². The summed E-state index contributed by atoms with van der Waals surface area (Å²) in [6.45, 7) is -2.70. The number of amides is 1. The molecule has 1 amide bonds. The quantitative estimate of drug-likeness (QED) is 0.645. The third-order valence-corrected chi connectivity index (χ3v) is 3.33. The number of alkyl halides is 9. The SMILES string of the molecule is O=C(CC(F)(F)F)N(Cc1ccc(-c2noc(C(F)(F)F)n2)cc1)CC(F)(F)F. The van der Waals surface area contributed by atoms with Gasteiger partial charge in [-0.15, -0.1) is 0 Å². The maximum atomic E-state index is 12.6. The van der Waals surface area contributed by atoms with Gasteiger partial charge in [-0.2, -0.15) is 44.5 Å². The minimum Gasteiger partial charge on any atom is -0.329 e. The predicted octanol–water partition coefficient (Wildman–Crippen LogP) is 4.60. The van der Waals surface area contributed by atoms with E-state index in [1.54, 1.807) is 0 Å². The summed E-state index contributed by atoms with van der Waals surface area (Å²) in [6, 6.07) is 4.48. The number of aromatic nitrogens is 2. The highest BCUT2D eigenvalue weighted by Crippen LogP contribution is 2.29. The monoisotopic (exact) mass is 435 g/mol. The second kappa shape index (κ2) is 7.91. The third kappa shape index (κ3) is 6.94. The molecule has 1 aromatic heterocycles. The number of nitrogens with zero attached hydrogens (tertiary/aromatic N) is 3. The molecule has 29 heavy (non-hydrogen) atoms. The Morgan fingerprint density at radius 1 is 0.931 bits per heavy atom. The molecule has 160 valence electrons. The van der Waals surface area contributed by atoms with Gasteiger partial charge in [-0.1, -0.05) is 29.4 Å². The van der Waals surface area contributed by atoms with E-state index in [1.165, 1.54) is 0 Å². The van der Waals surface area contributed by atoms with Gasteiger partial charge in [0.25, 0.3) is 0 Å². The van der Waals surface area contributed by atoms with Crippen LogP contribution in [0.4, 0.5) is 39.5 Å². The molecule has 0 saturated heterocycles. The summed E-state index contributed by atoms with van der Waals surface area (Å²) in [6.07, 6.45) is -16.9. The van der Waals surface area contributed by atoms with Crippen molar-refractivity contribution < 1.29 is 48.8 Å². The summed E-state index contributed by atoms with van der Waals surface area (Å²) in [5.41, 5.74) is 0.0186. The average Bonchev–Trinajstić information content (AvgIpc) is 3.02. The first kappa shape index (κ1) is 22.5. The Hall–Kier alpha value is -2.80. The largest absolute Gasteiger partial charge is 0.471 e. The lowest BCUT2D eigenvalue weighted by Crippen LogP contribution is -2.40. The topological polar surface area (TPSA) is 59.2 Å². The van der Waals surface area contributed by atoms with Crippen molar-refractivity contribution >= 4 is 5.91 Å². The first-order valence-electron chi connectivity index (χ1n) is 7.55. The zero-order valence-electron chi connectivity index (χ0n) is 14.0. The van der Waals surface area contributed by atoms with Crippen molar-refractivity contribution in [2.24, 2.45) is 0 Å². The van der Waals surface area contributed by atoms with E-state index >= 15 is 0 Å². The summed E-state index contributed by atoms with van der Waals surface area (Å²) >= 11 is 0. The van der Waals surface area contributed by atoms with Crippen molar-refractivity contribution in [2.75, 3.05) is 6.54 Å². The van der Waals surface area contributed by atoms with Crippen LogP contribution in [0.3, 0.4) is 0 Å². The molecule has 2 aromatic rings. The summed E-state index contributed by atoms with van der Waals surface area (Å²) in [7, 11) is 0. The molecule has 14 heteroatoms. The molecule has 2 rings (SSSR count). The molecule has 0 unspecified atom stereocenters. The van der Waals surface area contributed by atoms with Gasteiger partial charge in [-0.25, -0.2) is 0 Å². The average molecular weight is 435 g/mol. The van der Waals surface area contributed by atoms with E-state index in [0.717, 1.165) is 24.3 Å². The van der Waals surface area contributed by atoms with E-state index in [-0.39, 0.29) is 16.0 Å². The van der Waals surface area contributed by atoms with Crippen LogP contribution in [0.1, 0.15) is 17.9 Å². The van der Waals surface area contributed by atoms with Gasteiger partial charge in [-0.3, -0.25) is 4.79 Å². The fourth-order valence-electron chi connectivity index (χ4n) is 2.17. The number of benzene rings is 1. The van der Waals surface area contributed by atoms with Crippen LogP contribution in [0.25, 0.3) is 11.4 Å². The van der Waals surface area contributed by atoms with Crippen LogP contribution in [-0.4, -0.2) is 39.8 Å². The molecule has 1 heterocycles. The van der Waals surface area contributed by atoms with Gasteiger partial charge in [0.2, 0.25) is 11.7 Å². The summed E-state index contributed by atoms with van der Waals surface area (Å²) in [5, 5.41) is 3.12. The highest BCUT2D eigenvalue weighted by atomic mass is 19.4. The fourth-order valence-corrected chi connectivity index (χ4v) is 2.17. The molecule has 0 aliphatic carbocycles. The normalized spacial score (nSPS) is 12.9. The minimum absolute atomic E-state index is 0.00747. The maximum Gasteiger partial charge on any atom is 0.471 e. The first-order valence-corrected chi connectivity index (χ1v) is 7.55. The van der Waals surface area contributed by atoms with Crippen LogP contribution in [0, 0.1) is 0 Å². The van der Waals surface area contributed by atoms with Crippen LogP contribution >= 0.6 is 0 Å². The smallest absolute Gasteiger partial charge is 0.329 e. The Balaban J connectivity index is 2.17. The Kier molecular flexibility index (Phi) is 6.13. The van der Waals surface area contributed by atoms with Crippen molar-refractivity contribution in [1.82, 2.24) is 15.0 Å². The second-order valence-electron chi connectivity index (χ2n) is 5.77. The van der Waals surface area contributed by atoms with Crippen molar-refractivity contribution in [3.63, 3.8) is 0 Å². The van der Waals surface area contributed by atoms with Crippen molar-refractivity contribution in [2.45, 2.75) is 31.5 Å². The van der Waals surface area contributed by atoms with Gasteiger partial charge in [0.15, 0.2) is 0 Å². The van der Waals surface area contributed by atoms with Crippen molar-refractivity contribution in [3.05, 3.63) is 35.7 Å².